The number of nitrogens with zero attached hydrogens (tertiary/aromatic N) is 4. The van der Waals surface area contributed by atoms with E-state index in [0.717, 1.165) is 11.5 Å². The van der Waals surface area contributed by atoms with Gasteiger partial charge in [-0.15, -0.1) is 0 Å². The molecule has 0 aliphatic rings. The van der Waals surface area contributed by atoms with Crippen molar-refractivity contribution in [2.45, 2.75) is 6.42 Å². The van der Waals surface area contributed by atoms with Crippen LogP contribution in [0.4, 0.5) is 0 Å². The van der Waals surface area contributed by atoms with Crippen LogP contribution >= 0.6 is 11.6 Å². The van der Waals surface area contributed by atoms with Crippen molar-refractivity contribution in [2.24, 2.45) is 7.05 Å². The summed E-state index contributed by atoms with van der Waals surface area (Å²) >= 11 is 5.91. The SMILES string of the molecule is COc1c(Cl)ncnc1Cc1nccn1C. The smallest absolute Gasteiger partial charge is 0.178 e. The maximum Gasteiger partial charge on any atom is 0.178 e. The van der Waals surface area contributed by atoms with Gasteiger partial charge in [0.05, 0.1) is 19.2 Å². The van der Waals surface area contributed by atoms with E-state index in [1.807, 2.05) is 17.8 Å². The van der Waals surface area contributed by atoms with Gasteiger partial charge in [0, 0.05) is 19.4 Å². The van der Waals surface area contributed by atoms with E-state index in [2.05, 4.69) is 15.0 Å². The van der Waals surface area contributed by atoms with E-state index in [1.165, 1.54) is 6.33 Å². The van der Waals surface area contributed by atoms with Gasteiger partial charge in [0.25, 0.3) is 0 Å². The van der Waals surface area contributed by atoms with Gasteiger partial charge in [-0.05, 0) is 0 Å². The summed E-state index contributed by atoms with van der Waals surface area (Å²) in [5.41, 5.74) is 0.733. The van der Waals surface area contributed by atoms with Crippen molar-refractivity contribution in [2.75, 3.05) is 7.11 Å². The number of ether oxygens (including phenoxy) is 1. The molecule has 0 aliphatic heterocycles. The fourth-order valence-corrected chi connectivity index (χ4v) is 1.66. The number of imidazole rings is 1. The first-order valence-electron chi connectivity index (χ1n) is 4.72. The number of hydrogen-bond acceptors (Lipinski definition) is 4. The van der Waals surface area contributed by atoms with Crippen molar-refractivity contribution in [3.8, 4) is 5.75 Å². The molecule has 0 aliphatic carbocycles. The van der Waals surface area contributed by atoms with Gasteiger partial charge in [-0.25, -0.2) is 15.0 Å². The lowest BCUT2D eigenvalue weighted by Crippen LogP contribution is -2.03. The molecule has 0 saturated carbocycles. The summed E-state index contributed by atoms with van der Waals surface area (Å²) in [7, 11) is 3.48. The second kappa shape index (κ2) is 4.49. The van der Waals surface area contributed by atoms with Crippen LogP contribution in [0.5, 0.6) is 5.75 Å². The van der Waals surface area contributed by atoms with E-state index in [1.54, 1.807) is 13.3 Å². The van der Waals surface area contributed by atoms with Crippen molar-refractivity contribution >= 4 is 11.6 Å². The van der Waals surface area contributed by atoms with Crippen LogP contribution in [0.2, 0.25) is 5.15 Å². The Hall–Kier alpha value is -1.62. The molecule has 0 N–H and O–H groups in total. The molecule has 0 bridgehead atoms. The van der Waals surface area contributed by atoms with Gasteiger partial charge in [0.1, 0.15) is 12.2 Å². The molecule has 2 heterocycles. The fourth-order valence-electron chi connectivity index (χ4n) is 1.43. The quantitative estimate of drug-likeness (QED) is 0.760. The molecule has 0 saturated heterocycles. The number of rotatable bonds is 3. The minimum Gasteiger partial charge on any atom is -0.492 e. The van der Waals surface area contributed by atoms with E-state index < -0.39 is 0 Å². The Bertz CT molecular complexity index is 497. The molecular weight excluding hydrogens is 228 g/mol. The summed E-state index contributed by atoms with van der Waals surface area (Å²) < 4.78 is 7.10. The topological polar surface area (TPSA) is 52.8 Å². The van der Waals surface area contributed by atoms with Gasteiger partial charge in [-0.1, -0.05) is 11.6 Å². The van der Waals surface area contributed by atoms with Crippen LogP contribution < -0.4 is 4.74 Å². The molecule has 16 heavy (non-hydrogen) atoms. The summed E-state index contributed by atoms with van der Waals surface area (Å²) in [5.74, 6) is 1.40. The molecule has 2 aromatic rings. The van der Waals surface area contributed by atoms with Gasteiger partial charge in [0.2, 0.25) is 0 Å². The van der Waals surface area contributed by atoms with Crippen LogP contribution in [0.15, 0.2) is 18.7 Å². The first-order valence-corrected chi connectivity index (χ1v) is 5.09. The molecule has 0 amide bonds. The molecular formula is C10H11ClN4O. The highest BCUT2D eigenvalue weighted by atomic mass is 35.5. The van der Waals surface area contributed by atoms with Crippen molar-refractivity contribution in [1.82, 2.24) is 19.5 Å². The number of hydrogen-bond donors (Lipinski definition) is 0. The predicted molar refractivity (Wildman–Crippen MR) is 59.6 cm³/mol. The molecule has 0 fully saturated rings. The molecule has 5 nitrogen and oxygen atoms in total. The first kappa shape index (κ1) is 10.9. The molecule has 84 valence electrons. The highest BCUT2D eigenvalue weighted by Crippen LogP contribution is 2.25. The zero-order valence-corrected chi connectivity index (χ0v) is 9.77. The Balaban J connectivity index is 2.35. The van der Waals surface area contributed by atoms with E-state index in [9.17, 15) is 0 Å². The largest absolute Gasteiger partial charge is 0.492 e. The summed E-state index contributed by atoms with van der Waals surface area (Å²) in [4.78, 5) is 12.2. The number of aryl methyl sites for hydroxylation is 1. The summed E-state index contributed by atoms with van der Waals surface area (Å²) in [6, 6.07) is 0. The third kappa shape index (κ3) is 1.99. The maximum absolute atomic E-state index is 5.91. The lowest BCUT2D eigenvalue weighted by atomic mass is 10.2. The van der Waals surface area contributed by atoms with Crippen molar-refractivity contribution in [1.29, 1.82) is 0 Å². The Labute approximate surface area is 98.1 Å². The normalized spacial score (nSPS) is 10.4. The molecule has 0 radical (unpaired) electrons. The summed E-state index contributed by atoms with van der Waals surface area (Å²) in [6.45, 7) is 0. The van der Waals surface area contributed by atoms with Crippen molar-refractivity contribution < 1.29 is 4.74 Å². The van der Waals surface area contributed by atoms with Crippen LogP contribution in [0.25, 0.3) is 0 Å². The van der Waals surface area contributed by atoms with Gasteiger partial charge >= 0.3 is 0 Å². The van der Waals surface area contributed by atoms with Crippen LogP contribution in [0.1, 0.15) is 11.5 Å². The highest BCUT2D eigenvalue weighted by molar-refractivity contribution is 6.30. The lowest BCUT2D eigenvalue weighted by molar-refractivity contribution is 0.405. The second-order valence-electron chi connectivity index (χ2n) is 3.28. The summed E-state index contributed by atoms with van der Waals surface area (Å²) in [5, 5.41) is 0.321. The molecule has 6 heteroatoms. The molecule has 0 aromatic carbocycles. The number of methoxy groups -OCH3 is 1. The van der Waals surface area contributed by atoms with Crippen LogP contribution in [-0.4, -0.2) is 26.6 Å². The van der Waals surface area contributed by atoms with Gasteiger partial charge in [-0.2, -0.15) is 0 Å². The molecule has 2 aromatic heterocycles. The molecule has 0 atom stereocenters. The predicted octanol–water partition coefficient (Wildman–Crippen LogP) is 1.46. The Morgan fingerprint density at radius 2 is 2.19 bits per heavy atom. The molecule has 2 rings (SSSR count). The van der Waals surface area contributed by atoms with Gasteiger partial charge < -0.3 is 9.30 Å². The minimum absolute atomic E-state index is 0.321. The number of halogens is 1. The van der Waals surface area contributed by atoms with E-state index >= 15 is 0 Å². The minimum atomic E-state index is 0.321. The van der Waals surface area contributed by atoms with Crippen molar-refractivity contribution in [3.63, 3.8) is 0 Å². The zero-order chi connectivity index (χ0) is 11.5. The van der Waals surface area contributed by atoms with Crippen LogP contribution in [-0.2, 0) is 13.5 Å². The standard InChI is InChI=1S/C10H11ClN4O/c1-15-4-3-12-8(15)5-7-9(16-2)10(11)14-6-13-7/h3-4,6H,5H2,1-2H3. The average Bonchev–Trinajstić information content (AvgIpc) is 2.65. The molecule has 0 spiro atoms. The third-order valence-electron chi connectivity index (χ3n) is 2.28. The fraction of sp³-hybridized carbons (Fsp3) is 0.300. The Morgan fingerprint density at radius 1 is 1.38 bits per heavy atom. The van der Waals surface area contributed by atoms with E-state index in [-0.39, 0.29) is 0 Å². The zero-order valence-electron chi connectivity index (χ0n) is 9.01. The Kier molecular flexibility index (Phi) is 3.05. The third-order valence-corrected chi connectivity index (χ3v) is 2.55. The van der Waals surface area contributed by atoms with Gasteiger partial charge in [0.15, 0.2) is 10.9 Å². The van der Waals surface area contributed by atoms with Crippen molar-refractivity contribution in [3.05, 3.63) is 35.4 Å². The Morgan fingerprint density at radius 3 is 2.81 bits per heavy atom. The van der Waals surface area contributed by atoms with E-state index in [4.69, 9.17) is 16.3 Å². The lowest BCUT2D eigenvalue weighted by Gasteiger charge is -2.07. The monoisotopic (exact) mass is 238 g/mol. The van der Waals surface area contributed by atoms with Crippen LogP contribution in [0.3, 0.4) is 0 Å². The van der Waals surface area contributed by atoms with Gasteiger partial charge in [-0.3, -0.25) is 0 Å². The second-order valence-corrected chi connectivity index (χ2v) is 3.63. The maximum atomic E-state index is 5.91. The molecule has 0 unspecified atom stereocenters. The number of aromatic nitrogens is 4. The van der Waals surface area contributed by atoms with E-state index in [0.29, 0.717) is 17.3 Å². The van der Waals surface area contributed by atoms with Crippen LogP contribution in [0, 0.1) is 0 Å². The average molecular weight is 239 g/mol. The first-order chi connectivity index (χ1) is 7.72. The highest BCUT2D eigenvalue weighted by Gasteiger charge is 2.12. The summed E-state index contributed by atoms with van der Waals surface area (Å²) in [6.07, 6.45) is 5.60.